The van der Waals surface area contributed by atoms with Gasteiger partial charge in [-0.1, -0.05) is 206 Å². The predicted octanol–water partition coefficient (Wildman–Crippen LogP) is 17.1. The van der Waals surface area contributed by atoms with E-state index < -0.39 is 5.41 Å². The summed E-state index contributed by atoms with van der Waals surface area (Å²) in [7, 11) is 0. The summed E-state index contributed by atoms with van der Waals surface area (Å²) in [5, 5.41) is 6.86. The van der Waals surface area contributed by atoms with Crippen molar-refractivity contribution in [1.82, 2.24) is 0 Å². The van der Waals surface area contributed by atoms with E-state index in [1.807, 2.05) is 0 Å². The number of nitrogens with zero attached hydrogens (tertiary/aromatic N) is 1. The van der Waals surface area contributed by atoms with Gasteiger partial charge in [0.1, 0.15) is 11.2 Å². The lowest BCUT2D eigenvalue weighted by atomic mass is 9.62. The maximum absolute atomic E-state index is 6.96. The maximum atomic E-state index is 6.96. The Morgan fingerprint density at radius 2 is 1.09 bits per heavy atom. The van der Waals surface area contributed by atoms with E-state index in [-0.39, 0.29) is 5.92 Å². The summed E-state index contributed by atoms with van der Waals surface area (Å²) in [6, 6.07) is 80.3. The van der Waals surface area contributed by atoms with Gasteiger partial charge in [-0.05, 0) is 110 Å². The van der Waals surface area contributed by atoms with E-state index in [0.29, 0.717) is 0 Å². The zero-order valence-corrected chi connectivity index (χ0v) is 35.7. The van der Waals surface area contributed by atoms with Crippen molar-refractivity contribution in [2.24, 2.45) is 5.92 Å². The lowest BCUT2D eigenvalue weighted by Crippen LogP contribution is -2.35. The van der Waals surface area contributed by atoms with Crippen LogP contribution >= 0.6 is 0 Å². The molecular weight excluding hydrogens is 787 g/mol. The minimum Gasteiger partial charge on any atom is -0.455 e. The molecule has 11 aromatic rings. The molecule has 2 aliphatic carbocycles. The Morgan fingerprint density at radius 3 is 1.92 bits per heavy atom. The number of hydrogen-bond donors (Lipinski definition) is 0. The second-order valence-corrected chi connectivity index (χ2v) is 17.5. The molecule has 2 aliphatic rings. The molecule has 0 saturated carbocycles. The van der Waals surface area contributed by atoms with E-state index in [1.54, 1.807) is 0 Å². The monoisotopic (exact) mass is 829 g/mol. The number of fused-ring (bicyclic) bond motifs is 9. The van der Waals surface area contributed by atoms with Gasteiger partial charge in [-0.2, -0.15) is 0 Å². The molecule has 13 rings (SSSR count). The first kappa shape index (κ1) is 37.4. The van der Waals surface area contributed by atoms with E-state index in [0.717, 1.165) is 61.8 Å². The van der Waals surface area contributed by atoms with Crippen molar-refractivity contribution in [2.75, 3.05) is 4.90 Å². The van der Waals surface area contributed by atoms with Crippen molar-refractivity contribution < 1.29 is 4.42 Å². The minimum absolute atomic E-state index is 0.216. The van der Waals surface area contributed by atoms with E-state index in [1.165, 1.54) is 55.3 Å². The molecule has 2 atom stereocenters. The third-order valence-electron chi connectivity index (χ3n) is 14.1. The van der Waals surface area contributed by atoms with Gasteiger partial charge in [-0.25, -0.2) is 0 Å². The summed E-state index contributed by atoms with van der Waals surface area (Å²) in [6.45, 7) is 0. The number of furan rings is 1. The fourth-order valence-corrected chi connectivity index (χ4v) is 11.3. The van der Waals surface area contributed by atoms with Gasteiger partial charge < -0.3 is 9.32 Å². The summed E-state index contributed by atoms with van der Waals surface area (Å²) in [5.74, 6) is 0.216. The summed E-state index contributed by atoms with van der Waals surface area (Å²) in [4.78, 5) is 2.49. The Labute approximate surface area is 378 Å². The average Bonchev–Trinajstić information content (AvgIpc) is 3.91. The first-order chi connectivity index (χ1) is 32.3. The second kappa shape index (κ2) is 15.0. The molecule has 2 nitrogen and oxygen atoms in total. The van der Waals surface area contributed by atoms with E-state index >= 15 is 0 Å². The predicted molar refractivity (Wildman–Crippen MR) is 272 cm³/mol. The van der Waals surface area contributed by atoms with Gasteiger partial charge in [0.15, 0.2) is 0 Å². The standard InChI is InChI=1S/C63H43NO/c1-4-18-42(19-5-1)43-34-36-47(37-35-43)64(48-38-39-52-51-27-14-15-32-57(51)63(58(52)40-48,45-22-6-2-7-23-45)46-24-8-3-9-25-46)59-41-56-61-54(50-30-16-21-44-20-10-11-26-49(44)50)31-17-33-60(61)65-62(56)55-29-13-12-28-53(55)59/h1-24,26-41,46H,25H2. The quantitative estimate of drug-likeness (QED) is 0.159. The molecule has 1 aromatic heterocycles. The molecule has 0 bridgehead atoms. The first-order valence-corrected chi connectivity index (χ1v) is 22.7. The topological polar surface area (TPSA) is 16.4 Å². The van der Waals surface area contributed by atoms with Gasteiger partial charge >= 0.3 is 0 Å². The zero-order valence-electron chi connectivity index (χ0n) is 35.7. The van der Waals surface area contributed by atoms with Crippen molar-refractivity contribution in [3.63, 3.8) is 0 Å². The SMILES string of the molecule is C1=CCC(C2(c3ccccc3)c3ccccc3-c3ccc(N(c4ccc(-c5ccccc5)cc4)c4cc5c(oc6cccc(-c7cccc8ccccc78)c65)c5ccccc45)cc32)C=C1. The highest BCUT2D eigenvalue weighted by atomic mass is 16.3. The van der Waals surface area contributed by atoms with Crippen LogP contribution in [0.5, 0.6) is 0 Å². The fourth-order valence-electron chi connectivity index (χ4n) is 11.3. The number of benzene rings is 10. The summed E-state index contributed by atoms with van der Waals surface area (Å²) in [5.41, 5.74) is 16.0. The lowest BCUT2D eigenvalue weighted by molar-refractivity contribution is 0.457. The highest BCUT2D eigenvalue weighted by Gasteiger charge is 2.49. The Morgan fingerprint density at radius 1 is 0.446 bits per heavy atom. The Kier molecular flexibility index (Phi) is 8.60. The third kappa shape index (κ3) is 5.74. The fraction of sp³-hybridized carbons (Fsp3) is 0.0476. The van der Waals surface area contributed by atoms with E-state index in [4.69, 9.17) is 4.42 Å². The first-order valence-electron chi connectivity index (χ1n) is 22.7. The van der Waals surface area contributed by atoms with Crippen LogP contribution in [0.25, 0.3) is 76.9 Å². The molecule has 306 valence electrons. The number of hydrogen-bond acceptors (Lipinski definition) is 2. The van der Waals surface area contributed by atoms with Crippen LogP contribution in [-0.4, -0.2) is 0 Å². The van der Waals surface area contributed by atoms with Gasteiger partial charge in [0.2, 0.25) is 0 Å². The van der Waals surface area contributed by atoms with Crippen molar-refractivity contribution in [3.05, 3.63) is 259 Å². The molecule has 0 radical (unpaired) electrons. The van der Waals surface area contributed by atoms with Gasteiger partial charge in [0, 0.05) is 32.9 Å². The van der Waals surface area contributed by atoms with Gasteiger partial charge in [0.05, 0.1) is 11.1 Å². The van der Waals surface area contributed by atoms with Crippen LogP contribution in [0, 0.1) is 5.92 Å². The number of rotatable bonds is 7. The van der Waals surface area contributed by atoms with Crippen LogP contribution in [0.15, 0.2) is 247 Å². The van der Waals surface area contributed by atoms with Crippen LogP contribution < -0.4 is 4.90 Å². The van der Waals surface area contributed by atoms with Crippen LogP contribution in [0.2, 0.25) is 0 Å². The van der Waals surface area contributed by atoms with Crippen molar-refractivity contribution in [1.29, 1.82) is 0 Å². The largest absolute Gasteiger partial charge is 0.455 e. The highest BCUT2D eigenvalue weighted by Crippen LogP contribution is 2.59. The molecule has 0 aliphatic heterocycles. The van der Waals surface area contributed by atoms with Crippen LogP contribution in [0.1, 0.15) is 23.1 Å². The number of allylic oxidation sites excluding steroid dienone is 4. The molecule has 0 saturated heterocycles. The molecule has 0 fully saturated rings. The Hall–Kier alpha value is -8.20. The molecule has 2 heteroatoms. The Balaban J connectivity index is 1.10. The summed E-state index contributed by atoms with van der Waals surface area (Å²) < 4.78 is 6.96. The van der Waals surface area contributed by atoms with E-state index in [2.05, 4.69) is 248 Å². The molecule has 0 amide bonds. The normalized spacial score (nSPS) is 16.3. The van der Waals surface area contributed by atoms with Gasteiger partial charge in [-0.15, -0.1) is 0 Å². The van der Waals surface area contributed by atoms with Gasteiger partial charge in [0.25, 0.3) is 0 Å². The molecule has 1 heterocycles. The molecule has 0 N–H and O–H groups in total. The van der Waals surface area contributed by atoms with Crippen LogP contribution in [-0.2, 0) is 5.41 Å². The molecule has 2 unspecified atom stereocenters. The second-order valence-electron chi connectivity index (χ2n) is 17.5. The smallest absolute Gasteiger partial charge is 0.143 e. The highest BCUT2D eigenvalue weighted by molar-refractivity contribution is 6.23. The van der Waals surface area contributed by atoms with Crippen molar-refractivity contribution >= 4 is 60.5 Å². The van der Waals surface area contributed by atoms with Crippen LogP contribution in [0.3, 0.4) is 0 Å². The van der Waals surface area contributed by atoms with Gasteiger partial charge in [-0.3, -0.25) is 0 Å². The Bertz CT molecular complexity index is 3690. The maximum Gasteiger partial charge on any atom is 0.143 e. The van der Waals surface area contributed by atoms with Crippen molar-refractivity contribution in [2.45, 2.75) is 11.8 Å². The number of anilines is 3. The lowest BCUT2D eigenvalue weighted by Gasteiger charge is -2.40. The molecule has 0 spiro atoms. The summed E-state index contributed by atoms with van der Waals surface area (Å²) in [6.07, 6.45) is 10.2. The third-order valence-corrected chi connectivity index (χ3v) is 14.1. The minimum atomic E-state index is -0.409. The van der Waals surface area contributed by atoms with Crippen molar-refractivity contribution in [3.8, 4) is 33.4 Å². The zero-order chi connectivity index (χ0) is 42.9. The van der Waals surface area contributed by atoms with Crippen LogP contribution in [0.4, 0.5) is 17.1 Å². The summed E-state index contributed by atoms with van der Waals surface area (Å²) >= 11 is 0. The molecular formula is C63H43NO. The average molecular weight is 830 g/mol. The molecule has 65 heavy (non-hydrogen) atoms. The molecule has 10 aromatic carbocycles. The van der Waals surface area contributed by atoms with E-state index in [9.17, 15) is 0 Å².